The fraction of sp³-hybridized carbons (Fsp3) is 0.222. The fourth-order valence-corrected chi connectivity index (χ4v) is 1.01. The van der Waals surface area contributed by atoms with E-state index in [9.17, 15) is 9.59 Å². The molecule has 1 heterocycles. The van der Waals surface area contributed by atoms with Crippen LogP contribution in [0.3, 0.4) is 0 Å². The lowest BCUT2D eigenvalue weighted by molar-refractivity contribution is -0.139. The average molecular weight is 214 g/mol. The maximum absolute atomic E-state index is 11.3. The molecule has 74 valence electrons. The second-order valence-electron chi connectivity index (χ2n) is 2.54. The molecule has 1 rings (SSSR count). The van der Waals surface area contributed by atoms with Crippen LogP contribution in [0.5, 0.6) is 0 Å². The van der Waals surface area contributed by atoms with Gasteiger partial charge in [-0.2, -0.15) is 0 Å². The Kier molecular flexibility index (Phi) is 3.59. The molecule has 1 aromatic rings. The molecule has 0 atom stereocenters. The molecule has 0 bridgehead atoms. The van der Waals surface area contributed by atoms with E-state index >= 15 is 0 Å². The van der Waals surface area contributed by atoms with Crippen LogP contribution in [0.4, 0.5) is 0 Å². The zero-order valence-electron chi connectivity index (χ0n) is 7.49. The predicted octanol–water partition coefficient (Wildman–Crippen LogP) is 1.48. The largest absolute Gasteiger partial charge is 0.469 e. The monoisotopic (exact) mass is 213 g/mol. The molecule has 1 aromatic heterocycles. The minimum atomic E-state index is -0.586. The second-order valence-corrected chi connectivity index (χ2v) is 2.97. The first-order valence-electron chi connectivity index (χ1n) is 3.85. The second kappa shape index (κ2) is 4.72. The number of Topliss-reactive ketones (excluding diaryl/α,β-unsaturated/α-hetero) is 1. The Hall–Kier alpha value is -1.42. The van der Waals surface area contributed by atoms with E-state index in [4.69, 9.17) is 11.6 Å². The van der Waals surface area contributed by atoms with Crippen LogP contribution in [-0.4, -0.2) is 23.8 Å². The summed E-state index contributed by atoms with van der Waals surface area (Å²) in [7, 11) is 1.22. The summed E-state index contributed by atoms with van der Waals surface area (Å²) in [6.45, 7) is 0. The van der Waals surface area contributed by atoms with E-state index in [1.165, 1.54) is 19.4 Å². The van der Waals surface area contributed by atoms with Crippen molar-refractivity contribution < 1.29 is 14.3 Å². The van der Waals surface area contributed by atoms with Gasteiger partial charge in [0.15, 0.2) is 5.78 Å². The number of pyridine rings is 1. The molecule has 0 fully saturated rings. The number of esters is 1. The Balaban J connectivity index is 2.75. The van der Waals surface area contributed by atoms with E-state index in [1.54, 1.807) is 6.07 Å². The van der Waals surface area contributed by atoms with E-state index < -0.39 is 11.8 Å². The Labute approximate surface area is 85.9 Å². The molecular formula is C9H8ClNO3. The summed E-state index contributed by atoms with van der Waals surface area (Å²) in [4.78, 5) is 25.9. The lowest BCUT2D eigenvalue weighted by atomic mass is 10.2. The molecule has 0 N–H and O–H groups in total. The molecule has 0 unspecified atom stereocenters. The van der Waals surface area contributed by atoms with Gasteiger partial charge in [0.25, 0.3) is 0 Å². The van der Waals surface area contributed by atoms with Crippen molar-refractivity contribution in [1.82, 2.24) is 4.98 Å². The van der Waals surface area contributed by atoms with Crippen molar-refractivity contribution in [3.05, 3.63) is 29.0 Å². The number of methoxy groups -OCH3 is 1. The number of carbonyl (C=O) groups is 2. The zero-order valence-corrected chi connectivity index (χ0v) is 8.25. The SMILES string of the molecule is COC(=O)CC(=O)c1cc(Cl)ccn1. The smallest absolute Gasteiger partial charge is 0.313 e. The number of nitrogens with zero attached hydrogens (tertiary/aromatic N) is 1. The summed E-state index contributed by atoms with van der Waals surface area (Å²) >= 11 is 5.65. The van der Waals surface area contributed by atoms with Crippen molar-refractivity contribution in [3.63, 3.8) is 0 Å². The first-order chi connectivity index (χ1) is 6.63. The Morgan fingerprint density at radius 2 is 2.29 bits per heavy atom. The maximum atomic E-state index is 11.3. The summed E-state index contributed by atoms with van der Waals surface area (Å²) < 4.78 is 4.35. The topological polar surface area (TPSA) is 56.3 Å². The number of rotatable bonds is 3. The first-order valence-corrected chi connectivity index (χ1v) is 4.23. The van der Waals surface area contributed by atoms with Crippen LogP contribution in [0.2, 0.25) is 5.02 Å². The number of halogens is 1. The van der Waals surface area contributed by atoms with E-state index in [0.29, 0.717) is 5.02 Å². The van der Waals surface area contributed by atoms with E-state index in [2.05, 4.69) is 9.72 Å². The summed E-state index contributed by atoms with van der Waals surface area (Å²) in [6, 6.07) is 2.96. The summed E-state index contributed by atoms with van der Waals surface area (Å²) in [5, 5.41) is 0.410. The molecule has 0 saturated heterocycles. The predicted molar refractivity (Wildman–Crippen MR) is 50.2 cm³/mol. The van der Waals surface area contributed by atoms with Gasteiger partial charge in [-0.15, -0.1) is 0 Å². The van der Waals surface area contributed by atoms with Crippen LogP contribution in [0.1, 0.15) is 16.9 Å². The first kappa shape index (κ1) is 10.7. The standard InChI is InChI=1S/C9H8ClNO3/c1-14-9(13)5-8(12)7-4-6(10)2-3-11-7/h2-4H,5H2,1H3. The molecule has 0 aliphatic heterocycles. The van der Waals surface area contributed by atoms with Gasteiger partial charge in [0, 0.05) is 11.2 Å². The summed E-state index contributed by atoms with van der Waals surface area (Å²) in [5.41, 5.74) is 0.169. The van der Waals surface area contributed by atoms with Crippen molar-refractivity contribution in [2.24, 2.45) is 0 Å². The Morgan fingerprint density at radius 1 is 1.57 bits per heavy atom. The quantitative estimate of drug-likeness (QED) is 0.434. The zero-order chi connectivity index (χ0) is 10.6. The van der Waals surface area contributed by atoms with Gasteiger partial charge >= 0.3 is 5.97 Å². The highest BCUT2D eigenvalue weighted by Crippen LogP contribution is 2.09. The number of aromatic nitrogens is 1. The van der Waals surface area contributed by atoms with Crippen LogP contribution in [0, 0.1) is 0 Å². The fourth-order valence-electron chi connectivity index (χ4n) is 0.851. The van der Waals surface area contributed by atoms with Gasteiger partial charge in [-0.1, -0.05) is 11.6 Å². The van der Waals surface area contributed by atoms with Crippen molar-refractivity contribution in [1.29, 1.82) is 0 Å². The van der Waals surface area contributed by atoms with Gasteiger partial charge in [0.05, 0.1) is 7.11 Å². The number of ether oxygens (including phenoxy) is 1. The van der Waals surface area contributed by atoms with Gasteiger partial charge in [0.2, 0.25) is 0 Å². The van der Waals surface area contributed by atoms with E-state index in [0.717, 1.165) is 0 Å². The van der Waals surface area contributed by atoms with Crippen molar-refractivity contribution >= 4 is 23.4 Å². The van der Waals surface area contributed by atoms with Gasteiger partial charge in [-0.25, -0.2) is 0 Å². The molecule has 0 aromatic carbocycles. The van der Waals surface area contributed by atoms with Crippen LogP contribution in [0.15, 0.2) is 18.3 Å². The molecule has 0 aliphatic carbocycles. The molecule has 14 heavy (non-hydrogen) atoms. The highest BCUT2D eigenvalue weighted by molar-refractivity contribution is 6.30. The molecular weight excluding hydrogens is 206 g/mol. The minimum Gasteiger partial charge on any atom is -0.469 e. The maximum Gasteiger partial charge on any atom is 0.313 e. The summed E-state index contributed by atoms with van der Waals surface area (Å²) in [6.07, 6.45) is 1.09. The van der Waals surface area contributed by atoms with E-state index in [-0.39, 0.29) is 12.1 Å². The average Bonchev–Trinajstić information content (AvgIpc) is 2.17. The number of ketones is 1. The Bertz CT molecular complexity index is 365. The van der Waals surface area contributed by atoms with Crippen LogP contribution in [0.25, 0.3) is 0 Å². The van der Waals surface area contributed by atoms with Crippen LogP contribution < -0.4 is 0 Å². The molecule has 5 heteroatoms. The van der Waals surface area contributed by atoms with Crippen LogP contribution in [-0.2, 0) is 9.53 Å². The number of hydrogen-bond acceptors (Lipinski definition) is 4. The van der Waals surface area contributed by atoms with E-state index in [1.807, 2.05) is 0 Å². The third-order valence-corrected chi connectivity index (χ3v) is 1.78. The lowest BCUT2D eigenvalue weighted by Gasteiger charge is -1.99. The third-order valence-electron chi connectivity index (χ3n) is 1.54. The normalized spacial score (nSPS) is 9.57. The lowest BCUT2D eigenvalue weighted by Crippen LogP contribution is -2.10. The van der Waals surface area contributed by atoms with Crippen molar-refractivity contribution in [2.45, 2.75) is 6.42 Å². The Morgan fingerprint density at radius 3 is 2.86 bits per heavy atom. The van der Waals surface area contributed by atoms with Gasteiger partial charge in [0.1, 0.15) is 12.1 Å². The van der Waals surface area contributed by atoms with Crippen molar-refractivity contribution in [2.75, 3.05) is 7.11 Å². The van der Waals surface area contributed by atoms with Crippen molar-refractivity contribution in [3.8, 4) is 0 Å². The van der Waals surface area contributed by atoms with Crippen LogP contribution >= 0.6 is 11.6 Å². The number of hydrogen-bond donors (Lipinski definition) is 0. The highest BCUT2D eigenvalue weighted by atomic mass is 35.5. The number of carbonyl (C=O) groups excluding carboxylic acids is 2. The minimum absolute atomic E-state index is 0.169. The molecule has 0 saturated carbocycles. The highest BCUT2D eigenvalue weighted by Gasteiger charge is 2.13. The molecule has 0 radical (unpaired) electrons. The molecule has 4 nitrogen and oxygen atoms in total. The van der Waals surface area contributed by atoms with Gasteiger partial charge in [-0.3, -0.25) is 14.6 Å². The molecule has 0 amide bonds. The third kappa shape index (κ3) is 2.81. The summed E-state index contributed by atoms with van der Waals surface area (Å²) in [5.74, 6) is -0.990. The molecule has 0 aliphatic rings. The molecule has 0 spiro atoms. The van der Waals surface area contributed by atoms with Gasteiger partial charge < -0.3 is 4.74 Å². The van der Waals surface area contributed by atoms with Gasteiger partial charge in [-0.05, 0) is 12.1 Å².